The van der Waals surface area contributed by atoms with Crippen molar-refractivity contribution >= 4 is 17.5 Å². The molecule has 5 aliphatic rings. The fourth-order valence-corrected chi connectivity index (χ4v) is 11.4. The van der Waals surface area contributed by atoms with Crippen LogP contribution in [0.5, 0.6) is 0 Å². The van der Waals surface area contributed by atoms with Crippen molar-refractivity contribution in [2.45, 2.75) is 106 Å². The largest absolute Gasteiger partial charge is 0.469 e. The van der Waals surface area contributed by atoms with Gasteiger partial charge in [0.2, 0.25) is 0 Å². The van der Waals surface area contributed by atoms with Crippen molar-refractivity contribution in [3.63, 3.8) is 0 Å². The first-order chi connectivity index (χ1) is 15.8. The number of hydrogen-bond donors (Lipinski definition) is 0. The second kappa shape index (κ2) is 7.42. The molecule has 4 heteroatoms. The quantitative estimate of drug-likeness (QED) is 0.438. The number of fused-ring (bicyclic) bond motifs is 7. The number of Topliss-reactive ketones (excluding diaryl/α,β-unsaturated/α-hetero) is 2. The van der Waals surface area contributed by atoms with Crippen LogP contribution in [-0.2, 0) is 19.1 Å². The van der Waals surface area contributed by atoms with Gasteiger partial charge in [0.1, 0.15) is 11.6 Å². The van der Waals surface area contributed by atoms with Crippen molar-refractivity contribution in [3.05, 3.63) is 0 Å². The van der Waals surface area contributed by atoms with E-state index in [1.807, 2.05) is 0 Å². The predicted molar refractivity (Wildman–Crippen MR) is 132 cm³/mol. The molecule has 4 unspecified atom stereocenters. The first-order valence-corrected chi connectivity index (χ1v) is 13.9. The van der Waals surface area contributed by atoms with E-state index in [4.69, 9.17) is 4.74 Å². The van der Waals surface area contributed by atoms with Crippen LogP contribution in [0.3, 0.4) is 0 Å². The second-order valence-electron chi connectivity index (χ2n) is 14.2. The molecule has 0 aromatic carbocycles. The molecule has 0 aromatic heterocycles. The Morgan fingerprint density at radius 2 is 1.53 bits per heavy atom. The SMILES string of the molecule is COC(=O)[C@]12CCC(C(C)=O)C1[C@H]1CCC3[C@@]4(C)CCC(=O)C(C)(C)C4CC[C@@]3(C)[C@]1(C)CC2. The average molecular weight is 471 g/mol. The zero-order chi connectivity index (χ0) is 24.9. The number of esters is 1. The summed E-state index contributed by atoms with van der Waals surface area (Å²) in [5.41, 5.74) is -0.243. The van der Waals surface area contributed by atoms with Crippen molar-refractivity contribution in [2.75, 3.05) is 7.11 Å². The predicted octanol–water partition coefficient (Wildman–Crippen LogP) is 6.40. The molecule has 0 amide bonds. The van der Waals surface area contributed by atoms with E-state index in [2.05, 4.69) is 34.6 Å². The first kappa shape index (κ1) is 24.5. The molecule has 0 spiro atoms. The smallest absolute Gasteiger partial charge is 0.312 e. The third-order valence-corrected chi connectivity index (χ3v) is 13.3. The molecular weight excluding hydrogens is 424 g/mol. The maximum absolute atomic E-state index is 13.3. The fourth-order valence-electron chi connectivity index (χ4n) is 11.4. The number of carbonyl (C=O) groups is 3. The third kappa shape index (κ3) is 2.75. The second-order valence-corrected chi connectivity index (χ2v) is 14.2. The van der Waals surface area contributed by atoms with Crippen molar-refractivity contribution in [1.29, 1.82) is 0 Å². The summed E-state index contributed by atoms with van der Waals surface area (Å²) in [7, 11) is 1.52. The highest BCUT2D eigenvalue weighted by molar-refractivity contribution is 5.85. The van der Waals surface area contributed by atoms with Crippen molar-refractivity contribution in [2.24, 2.45) is 56.7 Å². The van der Waals surface area contributed by atoms with Crippen LogP contribution in [0.1, 0.15) is 106 Å². The summed E-state index contributed by atoms with van der Waals surface area (Å²) in [4.78, 5) is 39.0. The van der Waals surface area contributed by atoms with Gasteiger partial charge in [-0.3, -0.25) is 14.4 Å². The van der Waals surface area contributed by atoms with E-state index in [0.29, 0.717) is 30.0 Å². The Bertz CT molecular complexity index is 921. The summed E-state index contributed by atoms with van der Waals surface area (Å²) < 4.78 is 5.40. The van der Waals surface area contributed by atoms with E-state index in [-0.39, 0.29) is 45.2 Å². The zero-order valence-corrected chi connectivity index (χ0v) is 22.6. The Kier molecular flexibility index (Phi) is 5.34. The van der Waals surface area contributed by atoms with E-state index in [9.17, 15) is 14.4 Å². The van der Waals surface area contributed by atoms with Crippen LogP contribution in [0.25, 0.3) is 0 Å². The summed E-state index contributed by atoms with van der Waals surface area (Å²) >= 11 is 0. The molecular formula is C30H46O4. The molecule has 190 valence electrons. The lowest BCUT2D eigenvalue weighted by Gasteiger charge is -2.72. The van der Waals surface area contributed by atoms with E-state index in [1.54, 1.807) is 6.92 Å². The summed E-state index contributed by atoms with van der Waals surface area (Å²) in [6.07, 6.45) is 9.80. The number of rotatable bonds is 2. The Hall–Kier alpha value is -1.19. The monoisotopic (exact) mass is 470 g/mol. The summed E-state index contributed by atoms with van der Waals surface area (Å²) in [5.74, 6) is 2.18. The van der Waals surface area contributed by atoms with Crippen LogP contribution in [0.4, 0.5) is 0 Å². The topological polar surface area (TPSA) is 60.4 Å². The van der Waals surface area contributed by atoms with Crippen molar-refractivity contribution < 1.29 is 19.1 Å². The van der Waals surface area contributed by atoms with Gasteiger partial charge in [0.05, 0.1) is 12.5 Å². The minimum Gasteiger partial charge on any atom is -0.469 e. The minimum atomic E-state index is -0.473. The zero-order valence-electron chi connectivity index (χ0n) is 22.6. The van der Waals surface area contributed by atoms with Gasteiger partial charge in [0.15, 0.2) is 0 Å². The van der Waals surface area contributed by atoms with Crippen LogP contribution in [0.2, 0.25) is 0 Å². The molecule has 0 saturated heterocycles. The maximum Gasteiger partial charge on any atom is 0.312 e. The molecule has 34 heavy (non-hydrogen) atoms. The number of carbonyl (C=O) groups excluding carboxylic acids is 3. The Balaban J connectivity index is 1.57. The van der Waals surface area contributed by atoms with E-state index < -0.39 is 5.41 Å². The molecule has 9 atom stereocenters. The van der Waals surface area contributed by atoms with Gasteiger partial charge in [-0.2, -0.15) is 0 Å². The van der Waals surface area contributed by atoms with Gasteiger partial charge in [-0.15, -0.1) is 0 Å². The lowest BCUT2D eigenvalue weighted by molar-refractivity contribution is -0.236. The van der Waals surface area contributed by atoms with Gasteiger partial charge in [0.25, 0.3) is 0 Å². The van der Waals surface area contributed by atoms with Crippen molar-refractivity contribution in [1.82, 2.24) is 0 Å². The van der Waals surface area contributed by atoms with Crippen LogP contribution in [0.15, 0.2) is 0 Å². The highest BCUT2D eigenvalue weighted by Crippen LogP contribution is 2.77. The summed E-state index contributed by atoms with van der Waals surface area (Å²) in [6.45, 7) is 13.7. The molecule has 0 aliphatic heterocycles. The van der Waals surface area contributed by atoms with Gasteiger partial charge in [-0.1, -0.05) is 34.6 Å². The Morgan fingerprint density at radius 3 is 2.18 bits per heavy atom. The molecule has 4 nitrogen and oxygen atoms in total. The van der Waals surface area contributed by atoms with Crippen LogP contribution < -0.4 is 0 Å². The Labute approximate surface area is 206 Å². The van der Waals surface area contributed by atoms with Crippen LogP contribution in [-0.4, -0.2) is 24.6 Å². The van der Waals surface area contributed by atoms with E-state index >= 15 is 0 Å². The number of ether oxygens (including phenoxy) is 1. The lowest BCUT2D eigenvalue weighted by atomic mass is 9.32. The highest BCUT2D eigenvalue weighted by atomic mass is 16.5. The van der Waals surface area contributed by atoms with E-state index in [1.165, 1.54) is 7.11 Å². The average Bonchev–Trinajstić information content (AvgIpc) is 3.18. The van der Waals surface area contributed by atoms with E-state index in [0.717, 1.165) is 57.8 Å². The van der Waals surface area contributed by atoms with Crippen molar-refractivity contribution in [3.8, 4) is 0 Å². The third-order valence-electron chi connectivity index (χ3n) is 13.3. The molecule has 0 bridgehead atoms. The molecule has 5 rings (SSSR count). The minimum absolute atomic E-state index is 0.0120. The molecule has 0 heterocycles. The van der Waals surface area contributed by atoms with Crippen LogP contribution in [0, 0.1) is 56.7 Å². The highest BCUT2D eigenvalue weighted by Gasteiger charge is 2.72. The number of hydrogen-bond acceptors (Lipinski definition) is 4. The molecule has 5 fully saturated rings. The standard InChI is InChI=1S/C30H46O4/c1-18(31)19-10-15-30(25(33)34-7)17-16-28(5)20(24(19)30)8-9-22-27(4)13-12-23(32)26(2,3)21(27)11-14-29(22,28)6/h19-22,24H,8-17H2,1-7H3/t19?,20-,21?,22?,24?,27+,28-,29-,30+/m1/s1. The summed E-state index contributed by atoms with van der Waals surface area (Å²) in [6, 6.07) is 0. The number of methoxy groups -OCH3 is 1. The first-order valence-electron chi connectivity index (χ1n) is 13.9. The van der Waals surface area contributed by atoms with Gasteiger partial charge < -0.3 is 4.74 Å². The van der Waals surface area contributed by atoms with Gasteiger partial charge >= 0.3 is 5.97 Å². The molecule has 5 saturated carbocycles. The van der Waals surface area contributed by atoms with Gasteiger partial charge in [-0.05, 0) is 105 Å². The maximum atomic E-state index is 13.3. The van der Waals surface area contributed by atoms with Gasteiger partial charge in [-0.25, -0.2) is 0 Å². The lowest BCUT2D eigenvalue weighted by Crippen LogP contribution is -2.66. The molecule has 0 radical (unpaired) electrons. The van der Waals surface area contributed by atoms with Gasteiger partial charge in [0, 0.05) is 17.8 Å². The number of ketones is 2. The Morgan fingerprint density at radius 1 is 0.824 bits per heavy atom. The molecule has 0 N–H and O–H groups in total. The molecule has 0 aromatic rings. The normalized spacial score (nSPS) is 51.5. The van der Waals surface area contributed by atoms with Crippen LogP contribution >= 0.6 is 0 Å². The summed E-state index contributed by atoms with van der Waals surface area (Å²) in [5, 5.41) is 0. The fraction of sp³-hybridized carbons (Fsp3) is 0.900. The molecule has 5 aliphatic carbocycles.